The van der Waals surface area contributed by atoms with E-state index in [1.54, 1.807) is 0 Å². The minimum absolute atomic E-state index is 0.106. The molecule has 0 radical (unpaired) electrons. The number of hydrogen-bond donors (Lipinski definition) is 0. The molecule has 0 atom stereocenters. The molecule has 8 nitrogen and oxygen atoms in total. The van der Waals surface area contributed by atoms with E-state index in [-0.39, 0.29) is 39.6 Å². The molecule has 0 amide bonds. The fourth-order valence-corrected chi connectivity index (χ4v) is 2.48. The summed E-state index contributed by atoms with van der Waals surface area (Å²) in [5, 5.41) is 0. The number of ether oxygens (including phenoxy) is 6. The van der Waals surface area contributed by atoms with E-state index in [0.29, 0.717) is 26.4 Å². The fourth-order valence-electron chi connectivity index (χ4n) is 2.48. The molecule has 0 N–H and O–H groups in total. The van der Waals surface area contributed by atoms with E-state index in [2.05, 4.69) is 0 Å². The van der Waals surface area contributed by atoms with Gasteiger partial charge in [-0.2, -0.15) is 0 Å². The van der Waals surface area contributed by atoms with E-state index < -0.39 is 17.4 Å². The summed E-state index contributed by atoms with van der Waals surface area (Å²) in [7, 11) is 0. The zero-order valence-corrected chi connectivity index (χ0v) is 16.2. The lowest BCUT2D eigenvalue weighted by Gasteiger charge is -2.29. The van der Waals surface area contributed by atoms with Gasteiger partial charge >= 0.3 is 11.9 Å². The maximum absolute atomic E-state index is 11.5. The van der Waals surface area contributed by atoms with Crippen molar-refractivity contribution < 1.29 is 38.0 Å². The number of carbonyl (C=O) groups is 2. The third-order valence-electron chi connectivity index (χ3n) is 3.88. The van der Waals surface area contributed by atoms with E-state index in [1.807, 2.05) is 37.3 Å². The van der Waals surface area contributed by atoms with Crippen molar-refractivity contribution in [2.45, 2.75) is 13.5 Å². The first-order chi connectivity index (χ1) is 13.6. The molecule has 1 heterocycles. The van der Waals surface area contributed by atoms with Crippen LogP contribution in [0.5, 0.6) is 0 Å². The average Bonchev–Trinajstić information content (AvgIpc) is 2.68. The molecule has 8 heteroatoms. The number of hydrogen-bond acceptors (Lipinski definition) is 8. The highest BCUT2D eigenvalue weighted by Crippen LogP contribution is 2.19. The summed E-state index contributed by atoms with van der Waals surface area (Å²) in [5.74, 6) is -1.11. The van der Waals surface area contributed by atoms with Gasteiger partial charge in [0.25, 0.3) is 0 Å². The molecule has 1 aliphatic heterocycles. The molecular formula is C20H28O8. The molecule has 0 aliphatic carbocycles. The van der Waals surface area contributed by atoms with Gasteiger partial charge in [0.05, 0.1) is 39.6 Å². The lowest BCUT2D eigenvalue weighted by Crippen LogP contribution is -2.35. The second-order valence-electron chi connectivity index (χ2n) is 6.83. The van der Waals surface area contributed by atoms with Gasteiger partial charge in [-0.05, 0) is 5.56 Å². The molecule has 0 aromatic heterocycles. The lowest BCUT2D eigenvalue weighted by molar-refractivity contribution is -0.158. The summed E-state index contributed by atoms with van der Waals surface area (Å²) in [6.45, 7) is 3.75. The van der Waals surface area contributed by atoms with E-state index >= 15 is 0 Å². The van der Waals surface area contributed by atoms with Crippen molar-refractivity contribution in [2.75, 3.05) is 59.5 Å². The van der Waals surface area contributed by atoms with Crippen LogP contribution in [0, 0.1) is 5.41 Å². The Kier molecular flexibility index (Phi) is 9.92. The molecule has 28 heavy (non-hydrogen) atoms. The van der Waals surface area contributed by atoms with Gasteiger partial charge in [-0.3, -0.25) is 0 Å². The Hall–Kier alpha value is -2.00. The Morgan fingerprint density at radius 2 is 1.43 bits per heavy atom. The molecule has 1 aromatic carbocycles. The van der Waals surface area contributed by atoms with Crippen molar-refractivity contribution >= 4 is 11.9 Å². The van der Waals surface area contributed by atoms with Crippen LogP contribution in [0.1, 0.15) is 12.5 Å². The van der Waals surface area contributed by atoms with Crippen LogP contribution in [0.25, 0.3) is 0 Å². The molecule has 1 saturated heterocycles. The first-order valence-corrected chi connectivity index (χ1v) is 9.24. The largest absolute Gasteiger partial charge is 0.462 e. The smallest absolute Gasteiger partial charge is 0.332 e. The van der Waals surface area contributed by atoms with Crippen molar-refractivity contribution in [3.8, 4) is 0 Å². The molecule has 0 saturated carbocycles. The van der Waals surface area contributed by atoms with E-state index in [1.165, 1.54) is 0 Å². The van der Waals surface area contributed by atoms with E-state index in [9.17, 15) is 9.59 Å². The number of rotatable bonds is 4. The number of esters is 2. The van der Waals surface area contributed by atoms with Crippen LogP contribution < -0.4 is 0 Å². The van der Waals surface area contributed by atoms with E-state index in [0.717, 1.165) is 5.56 Å². The SMILES string of the molecule is CC1(COCc2ccccc2)COCCOC(=O)COCC(=O)OCCOC1. The minimum atomic E-state index is -0.555. The van der Waals surface area contributed by atoms with Crippen LogP contribution in [0.2, 0.25) is 0 Å². The third-order valence-corrected chi connectivity index (χ3v) is 3.88. The van der Waals surface area contributed by atoms with Gasteiger partial charge in [0.1, 0.15) is 26.4 Å². The normalized spacial score (nSPS) is 20.2. The third kappa shape index (κ3) is 9.27. The van der Waals surface area contributed by atoms with Crippen LogP contribution in [0.4, 0.5) is 0 Å². The highest BCUT2D eigenvalue weighted by molar-refractivity contribution is 5.73. The van der Waals surface area contributed by atoms with Gasteiger partial charge in [-0.15, -0.1) is 0 Å². The van der Waals surface area contributed by atoms with Gasteiger partial charge in [0.15, 0.2) is 0 Å². The maximum atomic E-state index is 11.5. The molecule has 1 aliphatic rings. The molecule has 0 spiro atoms. The predicted molar refractivity (Wildman–Crippen MR) is 98.6 cm³/mol. The quantitative estimate of drug-likeness (QED) is 0.705. The van der Waals surface area contributed by atoms with Crippen LogP contribution in [0.15, 0.2) is 30.3 Å². The molecule has 0 unspecified atom stereocenters. The van der Waals surface area contributed by atoms with Crippen molar-refractivity contribution in [2.24, 2.45) is 5.41 Å². The number of benzene rings is 1. The Balaban J connectivity index is 1.83. The summed E-state index contributed by atoms with van der Waals surface area (Å²) in [5.41, 5.74) is 0.686. The second kappa shape index (κ2) is 12.5. The Labute approximate surface area is 165 Å². The zero-order chi connectivity index (χ0) is 20.1. The lowest BCUT2D eigenvalue weighted by atomic mass is 9.94. The second-order valence-corrected chi connectivity index (χ2v) is 6.83. The highest BCUT2D eigenvalue weighted by atomic mass is 16.6. The molecule has 156 valence electrons. The predicted octanol–water partition coefficient (Wildman–Crippen LogP) is 1.36. The van der Waals surface area contributed by atoms with Crippen LogP contribution in [-0.4, -0.2) is 71.4 Å². The summed E-state index contributed by atoms with van der Waals surface area (Å²) < 4.78 is 32.1. The number of cyclic esters (lactones) is 2. The average molecular weight is 396 g/mol. The van der Waals surface area contributed by atoms with Crippen molar-refractivity contribution in [3.63, 3.8) is 0 Å². The first-order valence-electron chi connectivity index (χ1n) is 9.24. The zero-order valence-electron chi connectivity index (χ0n) is 16.2. The molecular weight excluding hydrogens is 368 g/mol. The van der Waals surface area contributed by atoms with Crippen LogP contribution in [-0.2, 0) is 44.6 Å². The molecule has 2 rings (SSSR count). The monoisotopic (exact) mass is 396 g/mol. The molecule has 1 aromatic rings. The standard InChI is InChI=1S/C20H28O8/c1-20(16-26-11-17-5-3-2-4-6-17)14-23-7-9-27-18(21)12-25-13-19(22)28-10-8-24-15-20/h2-6H,7-16H2,1H3. The summed E-state index contributed by atoms with van der Waals surface area (Å²) in [4.78, 5) is 23.0. The van der Waals surface area contributed by atoms with Crippen molar-refractivity contribution in [3.05, 3.63) is 35.9 Å². The topological polar surface area (TPSA) is 89.5 Å². The van der Waals surface area contributed by atoms with Gasteiger partial charge in [-0.25, -0.2) is 9.59 Å². The van der Waals surface area contributed by atoms with Gasteiger partial charge in [0, 0.05) is 5.41 Å². The minimum Gasteiger partial charge on any atom is -0.462 e. The van der Waals surface area contributed by atoms with Crippen LogP contribution >= 0.6 is 0 Å². The molecule has 1 fully saturated rings. The summed E-state index contributed by atoms with van der Waals surface area (Å²) >= 11 is 0. The van der Waals surface area contributed by atoms with Gasteiger partial charge < -0.3 is 28.4 Å². The Morgan fingerprint density at radius 3 is 2.00 bits per heavy atom. The first kappa shape index (κ1) is 22.3. The highest BCUT2D eigenvalue weighted by Gasteiger charge is 2.26. The van der Waals surface area contributed by atoms with Gasteiger partial charge in [0.2, 0.25) is 0 Å². The van der Waals surface area contributed by atoms with E-state index in [4.69, 9.17) is 28.4 Å². The van der Waals surface area contributed by atoms with Gasteiger partial charge in [-0.1, -0.05) is 37.3 Å². The van der Waals surface area contributed by atoms with Crippen LogP contribution in [0.3, 0.4) is 0 Å². The Morgan fingerprint density at radius 1 is 0.857 bits per heavy atom. The van der Waals surface area contributed by atoms with Crippen molar-refractivity contribution in [1.82, 2.24) is 0 Å². The summed E-state index contributed by atoms with van der Waals surface area (Å²) in [6.07, 6.45) is 0. The fraction of sp³-hybridized carbons (Fsp3) is 0.600. The number of carbonyl (C=O) groups excluding carboxylic acids is 2. The Bertz CT molecular complexity index is 563. The molecule has 0 bridgehead atoms. The summed E-state index contributed by atoms with van der Waals surface area (Å²) in [6, 6.07) is 9.89. The van der Waals surface area contributed by atoms with Crippen molar-refractivity contribution in [1.29, 1.82) is 0 Å². The maximum Gasteiger partial charge on any atom is 0.332 e.